The van der Waals surface area contributed by atoms with Crippen LogP contribution in [0.1, 0.15) is 42.5 Å². The predicted octanol–water partition coefficient (Wildman–Crippen LogP) is 2.83. The average molecular weight is 281 g/mol. The van der Waals surface area contributed by atoms with E-state index in [1.165, 1.54) is 0 Å². The van der Waals surface area contributed by atoms with Crippen LogP contribution in [0.5, 0.6) is 0 Å². The van der Waals surface area contributed by atoms with Crippen LogP contribution in [0.4, 0.5) is 0 Å². The van der Waals surface area contributed by atoms with Crippen LogP contribution in [-0.2, 0) is 9.59 Å². The first-order valence-electron chi connectivity index (χ1n) is 6.52. The third-order valence-electron chi connectivity index (χ3n) is 3.56. The number of carbonyl (C=O) groups excluding carboxylic acids is 1. The van der Waals surface area contributed by atoms with Crippen LogP contribution in [0, 0.1) is 12.8 Å². The first-order chi connectivity index (χ1) is 8.91. The van der Waals surface area contributed by atoms with E-state index >= 15 is 0 Å². The molecule has 1 aromatic heterocycles. The van der Waals surface area contributed by atoms with Crippen molar-refractivity contribution < 1.29 is 14.7 Å². The van der Waals surface area contributed by atoms with Crippen molar-refractivity contribution in [2.24, 2.45) is 5.92 Å². The zero-order valence-electron chi connectivity index (χ0n) is 11.4. The van der Waals surface area contributed by atoms with Gasteiger partial charge >= 0.3 is 5.97 Å². The number of aliphatic carboxylic acids is 1. The molecule has 1 N–H and O–H groups in total. The summed E-state index contributed by atoms with van der Waals surface area (Å²) in [5.41, 5.74) is 0. The quantitative estimate of drug-likeness (QED) is 0.927. The van der Waals surface area contributed by atoms with Crippen molar-refractivity contribution >= 4 is 23.2 Å². The number of carbonyl (C=O) groups is 2. The van der Waals surface area contributed by atoms with Crippen LogP contribution in [0.2, 0.25) is 0 Å². The molecule has 1 aliphatic heterocycles. The van der Waals surface area contributed by atoms with E-state index in [1.807, 2.05) is 32.9 Å². The maximum atomic E-state index is 12.1. The molecule has 0 saturated carbocycles. The fourth-order valence-corrected chi connectivity index (χ4v) is 3.77. The molecule has 1 aliphatic rings. The highest BCUT2D eigenvalue weighted by Gasteiger charge is 2.42. The summed E-state index contributed by atoms with van der Waals surface area (Å²) in [4.78, 5) is 27.5. The summed E-state index contributed by atoms with van der Waals surface area (Å²) in [6, 6.07) is 3.63. The number of hydrogen-bond acceptors (Lipinski definition) is 3. The third kappa shape index (κ3) is 2.66. The van der Waals surface area contributed by atoms with E-state index in [4.69, 9.17) is 0 Å². The van der Waals surface area contributed by atoms with Gasteiger partial charge in [-0.1, -0.05) is 0 Å². The van der Waals surface area contributed by atoms with E-state index in [0.29, 0.717) is 12.8 Å². The Kier molecular flexibility index (Phi) is 3.94. The monoisotopic (exact) mass is 281 g/mol. The number of nitrogens with zero attached hydrogens (tertiary/aromatic N) is 1. The number of aryl methyl sites for hydroxylation is 1. The van der Waals surface area contributed by atoms with E-state index < -0.39 is 11.9 Å². The molecule has 19 heavy (non-hydrogen) atoms. The first-order valence-corrected chi connectivity index (χ1v) is 7.33. The summed E-state index contributed by atoms with van der Waals surface area (Å²) in [6.07, 6.45) is 0.759. The lowest BCUT2D eigenvalue weighted by Crippen LogP contribution is -2.48. The van der Waals surface area contributed by atoms with Gasteiger partial charge in [0.25, 0.3) is 0 Å². The molecule has 0 bridgehead atoms. The normalized spacial score (nSPS) is 24.0. The lowest BCUT2D eigenvalue weighted by molar-refractivity contribution is -0.153. The highest BCUT2D eigenvalue weighted by Crippen LogP contribution is 2.40. The second-order valence-corrected chi connectivity index (χ2v) is 6.59. The van der Waals surface area contributed by atoms with Crippen molar-refractivity contribution in [2.45, 2.75) is 45.7 Å². The minimum atomic E-state index is -0.811. The summed E-state index contributed by atoms with van der Waals surface area (Å²) < 4.78 is 0. The maximum Gasteiger partial charge on any atom is 0.308 e. The Bertz CT molecular complexity index is 495. The van der Waals surface area contributed by atoms with Gasteiger partial charge in [-0.3, -0.25) is 9.59 Å². The molecule has 2 atom stereocenters. The SMILES string of the molecule is Cc1ccc(C2C(C(=O)O)CCC(=O)N2C(C)C)s1. The standard InChI is InChI=1S/C14H19NO3S/c1-8(2)15-12(16)7-5-10(14(17)18)13(15)11-6-4-9(3)19-11/h4,6,8,10,13H,5,7H2,1-3H3,(H,17,18). The highest BCUT2D eigenvalue weighted by molar-refractivity contribution is 7.12. The van der Waals surface area contributed by atoms with Crippen LogP contribution < -0.4 is 0 Å². The molecular weight excluding hydrogens is 262 g/mol. The molecule has 2 rings (SSSR count). The van der Waals surface area contributed by atoms with Crippen LogP contribution in [-0.4, -0.2) is 27.9 Å². The Balaban J connectivity index is 2.43. The van der Waals surface area contributed by atoms with Crippen LogP contribution in [0.15, 0.2) is 12.1 Å². The molecule has 1 aromatic rings. The number of rotatable bonds is 3. The van der Waals surface area contributed by atoms with Gasteiger partial charge in [-0.15, -0.1) is 11.3 Å². The minimum Gasteiger partial charge on any atom is -0.481 e. The van der Waals surface area contributed by atoms with Crippen molar-refractivity contribution in [1.82, 2.24) is 4.90 Å². The molecule has 2 heterocycles. The van der Waals surface area contributed by atoms with Crippen molar-refractivity contribution in [2.75, 3.05) is 0 Å². The van der Waals surface area contributed by atoms with Crippen molar-refractivity contribution in [3.05, 3.63) is 21.9 Å². The van der Waals surface area contributed by atoms with Gasteiger partial charge < -0.3 is 10.0 Å². The van der Waals surface area contributed by atoms with Crippen LogP contribution in [0.25, 0.3) is 0 Å². The topological polar surface area (TPSA) is 57.6 Å². The molecule has 104 valence electrons. The fourth-order valence-electron chi connectivity index (χ4n) is 2.73. The van der Waals surface area contributed by atoms with Gasteiger partial charge in [-0.05, 0) is 39.3 Å². The van der Waals surface area contributed by atoms with Gasteiger partial charge in [-0.25, -0.2) is 0 Å². The van der Waals surface area contributed by atoms with Crippen LogP contribution in [0.3, 0.4) is 0 Å². The van der Waals surface area contributed by atoms with E-state index in [2.05, 4.69) is 0 Å². The molecule has 0 radical (unpaired) electrons. The van der Waals surface area contributed by atoms with Gasteiger partial charge in [0.15, 0.2) is 0 Å². The van der Waals surface area contributed by atoms with E-state index in [-0.39, 0.29) is 18.0 Å². The first kappa shape index (κ1) is 14.1. The number of carboxylic acid groups (broad SMARTS) is 1. The Morgan fingerprint density at radius 1 is 1.47 bits per heavy atom. The molecule has 1 fully saturated rings. The average Bonchev–Trinajstić information content (AvgIpc) is 2.74. The highest BCUT2D eigenvalue weighted by atomic mass is 32.1. The number of thiophene rings is 1. The number of hydrogen-bond donors (Lipinski definition) is 1. The summed E-state index contributed by atoms with van der Waals surface area (Å²) in [6.45, 7) is 5.87. The van der Waals surface area contributed by atoms with Crippen molar-refractivity contribution in [3.8, 4) is 0 Å². The lowest BCUT2D eigenvalue weighted by Gasteiger charge is -2.41. The zero-order chi connectivity index (χ0) is 14.2. The molecule has 5 heteroatoms. The minimum absolute atomic E-state index is 0.0158. The number of amides is 1. The van der Waals surface area contributed by atoms with Crippen molar-refractivity contribution in [1.29, 1.82) is 0 Å². The Morgan fingerprint density at radius 2 is 2.16 bits per heavy atom. The van der Waals surface area contributed by atoms with Crippen LogP contribution >= 0.6 is 11.3 Å². The van der Waals surface area contributed by atoms with Gasteiger partial charge in [0.1, 0.15) is 0 Å². The predicted molar refractivity (Wildman–Crippen MR) is 74.1 cm³/mol. The van der Waals surface area contributed by atoms with Crippen molar-refractivity contribution in [3.63, 3.8) is 0 Å². The summed E-state index contributed by atoms with van der Waals surface area (Å²) in [5.74, 6) is -1.25. The Labute approximate surface area is 117 Å². The zero-order valence-corrected chi connectivity index (χ0v) is 12.2. The van der Waals surface area contributed by atoms with E-state index in [0.717, 1.165) is 9.75 Å². The summed E-state index contributed by atoms with van der Waals surface area (Å²) >= 11 is 1.58. The van der Waals surface area contributed by atoms with E-state index in [9.17, 15) is 14.7 Å². The molecule has 1 saturated heterocycles. The molecule has 1 amide bonds. The van der Waals surface area contributed by atoms with Gasteiger partial charge in [0.05, 0.1) is 12.0 Å². The number of piperidine rings is 1. The Morgan fingerprint density at radius 3 is 2.63 bits per heavy atom. The second-order valence-electron chi connectivity index (χ2n) is 5.27. The Hall–Kier alpha value is -1.36. The van der Waals surface area contributed by atoms with Gasteiger partial charge in [0.2, 0.25) is 5.91 Å². The molecule has 0 spiro atoms. The van der Waals surface area contributed by atoms with Gasteiger partial charge in [-0.2, -0.15) is 0 Å². The van der Waals surface area contributed by atoms with Gasteiger partial charge in [0, 0.05) is 22.2 Å². The second kappa shape index (κ2) is 5.33. The smallest absolute Gasteiger partial charge is 0.308 e. The third-order valence-corrected chi connectivity index (χ3v) is 4.64. The fraction of sp³-hybridized carbons (Fsp3) is 0.571. The molecule has 0 aliphatic carbocycles. The molecule has 2 unspecified atom stereocenters. The molecule has 4 nitrogen and oxygen atoms in total. The summed E-state index contributed by atoms with van der Waals surface area (Å²) in [5, 5.41) is 9.43. The number of carboxylic acids is 1. The maximum absolute atomic E-state index is 12.1. The van der Waals surface area contributed by atoms with E-state index in [1.54, 1.807) is 16.2 Å². The molecular formula is C14H19NO3S. The summed E-state index contributed by atoms with van der Waals surface area (Å²) in [7, 11) is 0. The lowest BCUT2D eigenvalue weighted by atomic mass is 9.87. The number of likely N-dealkylation sites (tertiary alicyclic amines) is 1. The molecule has 0 aromatic carbocycles. The largest absolute Gasteiger partial charge is 0.481 e.